The van der Waals surface area contributed by atoms with E-state index in [0.717, 1.165) is 22.5 Å². The van der Waals surface area contributed by atoms with Crippen LogP contribution in [-0.2, 0) is 17.9 Å². The average Bonchev–Trinajstić information content (AvgIpc) is 3.42. The quantitative estimate of drug-likeness (QED) is 0.500. The second kappa shape index (κ2) is 8.26. The van der Waals surface area contributed by atoms with Crippen LogP contribution in [0.5, 0.6) is 5.75 Å². The molecule has 3 heterocycles. The van der Waals surface area contributed by atoms with Crippen LogP contribution in [0.2, 0.25) is 0 Å². The van der Waals surface area contributed by atoms with Gasteiger partial charge in [0.25, 0.3) is 6.01 Å². The van der Waals surface area contributed by atoms with Gasteiger partial charge in [-0.2, -0.15) is 10.1 Å². The topological polar surface area (TPSA) is 94.7 Å². The van der Waals surface area contributed by atoms with Crippen molar-refractivity contribution in [1.82, 2.24) is 14.8 Å². The van der Waals surface area contributed by atoms with Crippen LogP contribution in [0.25, 0.3) is 11.1 Å². The van der Waals surface area contributed by atoms with Crippen molar-refractivity contribution in [3.05, 3.63) is 65.9 Å². The smallest absolute Gasteiger partial charge is 0.413 e. The molecular weight excluding hydrogens is 410 g/mol. The first-order valence-corrected chi connectivity index (χ1v) is 10.4. The summed E-state index contributed by atoms with van der Waals surface area (Å²) >= 11 is 0. The number of oxazole rings is 1. The molecule has 2 aromatic carbocycles. The van der Waals surface area contributed by atoms with Crippen LogP contribution in [0.3, 0.4) is 0 Å². The number of hydrogen-bond donors (Lipinski definition) is 1. The summed E-state index contributed by atoms with van der Waals surface area (Å²) in [5.41, 5.74) is 3.33. The predicted molar refractivity (Wildman–Crippen MR) is 119 cm³/mol. The lowest BCUT2D eigenvalue weighted by atomic mass is 10.1. The lowest BCUT2D eigenvalue weighted by Crippen LogP contribution is -2.37. The number of nitrogens with one attached hydrogen (secondary N) is 1. The Labute approximate surface area is 184 Å². The molecule has 1 unspecified atom stereocenters. The Morgan fingerprint density at radius 2 is 2.03 bits per heavy atom. The molecule has 0 bridgehead atoms. The fraction of sp³-hybridized carbons (Fsp3) is 0.261. The van der Waals surface area contributed by atoms with E-state index in [-0.39, 0.29) is 12.6 Å². The number of benzene rings is 2. The number of ether oxygens (including phenoxy) is 2. The van der Waals surface area contributed by atoms with Crippen molar-refractivity contribution in [2.45, 2.75) is 26.1 Å². The van der Waals surface area contributed by atoms with E-state index in [1.807, 2.05) is 59.3 Å². The lowest BCUT2D eigenvalue weighted by Gasteiger charge is -2.32. The molecule has 0 spiro atoms. The normalized spacial score (nSPS) is 15.4. The van der Waals surface area contributed by atoms with Crippen LogP contribution in [0.15, 0.2) is 59.0 Å². The molecule has 1 N–H and O–H groups in total. The number of carbonyl (C=O) groups is 1. The zero-order valence-electron chi connectivity index (χ0n) is 17.8. The van der Waals surface area contributed by atoms with Crippen LogP contribution in [0.4, 0.5) is 16.6 Å². The molecule has 2 aromatic heterocycles. The number of rotatable bonds is 5. The van der Waals surface area contributed by atoms with Crippen molar-refractivity contribution in [3.8, 4) is 5.75 Å². The van der Waals surface area contributed by atoms with Crippen molar-refractivity contribution in [2.75, 3.05) is 23.9 Å². The van der Waals surface area contributed by atoms with Gasteiger partial charge in [0.2, 0.25) is 0 Å². The first-order chi connectivity index (χ1) is 15.6. The molecule has 1 amide bonds. The number of methoxy groups -OCH3 is 1. The van der Waals surface area contributed by atoms with E-state index < -0.39 is 6.09 Å². The minimum absolute atomic E-state index is 0.0397. The van der Waals surface area contributed by atoms with E-state index in [1.165, 1.54) is 0 Å². The number of fused-ring (bicyclic) bond motifs is 2. The van der Waals surface area contributed by atoms with Crippen molar-refractivity contribution >= 4 is 29.0 Å². The standard InChI is InChI=1S/C23H23N5O4/c1-15-19-13-21(25-23(29)31-14-16-6-4-3-5-7-16)26-28(19)11-10-27(15)22-24-18-12-17(30-2)8-9-20(18)32-22/h3-9,12-13,15H,10-11,14H2,1-2H3,(H,25,26,29). The van der Waals surface area contributed by atoms with Crippen LogP contribution in [-0.4, -0.2) is 34.5 Å². The highest BCUT2D eigenvalue weighted by Crippen LogP contribution is 2.33. The van der Waals surface area contributed by atoms with Gasteiger partial charge in [0, 0.05) is 18.7 Å². The zero-order chi connectivity index (χ0) is 22.1. The van der Waals surface area contributed by atoms with Crippen LogP contribution >= 0.6 is 0 Å². The van der Waals surface area contributed by atoms with Gasteiger partial charge in [-0.1, -0.05) is 30.3 Å². The number of hydrogen-bond acceptors (Lipinski definition) is 7. The highest BCUT2D eigenvalue weighted by atomic mass is 16.5. The van der Waals surface area contributed by atoms with Crippen molar-refractivity contribution < 1.29 is 18.7 Å². The molecule has 9 heteroatoms. The summed E-state index contributed by atoms with van der Waals surface area (Å²) in [6, 6.07) is 17.4. The summed E-state index contributed by atoms with van der Waals surface area (Å²) in [5, 5.41) is 7.21. The van der Waals surface area contributed by atoms with Gasteiger partial charge in [0.1, 0.15) is 17.9 Å². The van der Waals surface area contributed by atoms with Gasteiger partial charge >= 0.3 is 6.09 Å². The van der Waals surface area contributed by atoms with Gasteiger partial charge in [-0.05, 0) is 24.6 Å². The molecule has 4 aromatic rings. The van der Waals surface area contributed by atoms with Crippen molar-refractivity contribution in [2.24, 2.45) is 0 Å². The Hall–Kier alpha value is -4.01. The predicted octanol–water partition coefficient (Wildman–Crippen LogP) is 4.36. The molecular formula is C23H23N5O4. The summed E-state index contributed by atoms with van der Waals surface area (Å²) in [7, 11) is 1.62. The highest BCUT2D eigenvalue weighted by molar-refractivity contribution is 5.83. The van der Waals surface area contributed by atoms with Crippen molar-refractivity contribution in [1.29, 1.82) is 0 Å². The van der Waals surface area contributed by atoms with Gasteiger partial charge in [0.05, 0.1) is 25.4 Å². The molecule has 0 saturated carbocycles. The SMILES string of the molecule is COc1ccc2oc(N3CCn4nc(NC(=O)OCc5ccccc5)cc4C3C)nc2c1. The minimum Gasteiger partial charge on any atom is -0.497 e. The first-order valence-electron chi connectivity index (χ1n) is 10.4. The molecule has 5 rings (SSSR count). The van der Waals surface area contributed by atoms with Gasteiger partial charge in [-0.25, -0.2) is 4.79 Å². The largest absolute Gasteiger partial charge is 0.497 e. The van der Waals surface area contributed by atoms with E-state index >= 15 is 0 Å². The Morgan fingerprint density at radius 3 is 2.84 bits per heavy atom. The summed E-state index contributed by atoms with van der Waals surface area (Å²) < 4.78 is 18.4. The maximum absolute atomic E-state index is 12.2. The molecule has 1 aliphatic heterocycles. The number of amides is 1. The molecule has 1 atom stereocenters. The zero-order valence-corrected chi connectivity index (χ0v) is 17.8. The minimum atomic E-state index is -0.540. The second-order valence-electron chi connectivity index (χ2n) is 7.56. The van der Waals surface area contributed by atoms with E-state index in [9.17, 15) is 4.79 Å². The molecule has 32 heavy (non-hydrogen) atoms. The van der Waals surface area contributed by atoms with E-state index in [4.69, 9.17) is 13.9 Å². The Kier molecular flexibility index (Phi) is 5.14. The van der Waals surface area contributed by atoms with Crippen LogP contribution < -0.4 is 15.0 Å². The molecule has 9 nitrogen and oxygen atoms in total. The van der Waals surface area contributed by atoms with Crippen molar-refractivity contribution in [3.63, 3.8) is 0 Å². The lowest BCUT2D eigenvalue weighted by molar-refractivity contribution is 0.155. The number of aromatic nitrogens is 3. The van der Waals surface area contributed by atoms with E-state index in [1.54, 1.807) is 7.11 Å². The van der Waals surface area contributed by atoms with E-state index in [2.05, 4.69) is 27.2 Å². The summed E-state index contributed by atoms with van der Waals surface area (Å²) in [6.07, 6.45) is -0.540. The highest BCUT2D eigenvalue weighted by Gasteiger charge is 2.29. The second-order valence-corrected chi connectivity index (χ2v) is 7.56. The number of nitrogens with zero attached hydrogens (tertiary/aromatic N) is 4. The number of carbonyl (C=O) groups excluding carboxylic acids is 1. The first kappa shape index (κ1) is 19.9. The summed E-state index contributed by atoms with van der Waals surface area (Å²) in [5.74, 6) is 1.19. The maximum Gasteiger partial charge on any atom is 0.413 e. The Bertz CT molecular complexity index is 1250. The molecule has 164 valence electrons. The van der Waals surface area contributed by atoms with Gasteiger partial charge in [-0.3, -0.25) is 10.00 Å². The molecule has 0 radical (unpaired) electrons. The third-order valence-corrected chi connectivity index (χ3v) is 5.53. The number of anilines is 2. The molecule has 0 fully saturated rings. The fourth-order valence-electron chi connectivity index (χ4n) is 3.83. The van der Waals surface area contributed by atoms with Gasteiger partial charge < -0.3 is 18.8 Å². The monoisotopic (exact) mass is 433 g/mol. The summed E-state index contributed by atoms with van der Waals surface area (Å²) in [6.45, 7) is 3.58. The third kappa shape index (κ3) is 3.84. The van der Waals surface area contributed by atoms with Crippen LogP contribution in [0.1, 0.15) is 24.2 Å². The molecule has 1 aliphatic rings. The van der Waals surface area contributed by atoms with Gasteiger partial charge in [0.15, 0.2) is 11.4 Å². The van der Waals surface area contributed by atoms with E-state index in [0.29, 0.717) is 30.5 Å². The average molecular weight is 433 g/mol. The third-order valence-electron chi connectivity index (χ3n) is 5.53. The van der Waals surface area contributed by atoms with Gasteiger partial charge in [-0.15, -0.1) is 0 Å². The Balaban J connectivity index is 1.28. The molecule has 0 saturated heterocycles. The fourth-order valence-corrected chi connectivity index (χ4v) is 3.83. The summed E-state index contributed by atoms with van der Waals surface area (Å²) in [4.78, 5) is 18.9. The van der Waals surface area contributed by atoms with Crippen LogP contribution in [0, 0.1) is 0 Å². The maximum atomic E-state index is 12.2. The Morgan fingerprint density at radius 1 is 1.19 bits per heavy atom. The molecule has 0 aliphatic carbocycles.